The van der Waals surface area contributed by atoms with Gasteiger partial charge in [-0.2, -0.15) is 4.39 Å². The highest BCUT2D eigenvalue weighted by atomic mass is 35.5. The molecule has 1 N–H and O–H groups in total. The van der Waals surface area contributed by atoms with Gasteiger partial charge in [-0.1, -0.05) is 0 Å². The predicted octanol–water partition coefficient (Wildman–Crippen LogP) is 0.919. The fraction of sp³-hybridized carbons (Fsp3) is 0.222. The van der Waals surface area contributed by atoms with Gasteiger partial charge in [-0.3, -0.25) is 14.3 Å². The molecule has 8 heteroatoms. The van der Waals surface area contributed by atoms with Gasteiger partial charge in [0.15, 0.2) is 0 Å². The van der Waals surface area contributed by atoms with Crippen LogP contribution < -0.4 is 11.2 Å². The van der Waals surface area contributed by atoms with Crippen molar-refractivity contribution in [2.24, 2.45) is 0 Å². The molecule has 90 valence electrons. The molecule has 0 fully saturated rings. The maximum atomic E-state index is 13.0. The molecule has 17 heavy (non-hydrogen) atoms. The fourth-order valence-electron chi connectivity index (χ4n) is 1.23. The molecule has 0 saturated carbocycles. The summed E-state index contributed by atoms with van der Waals surface area (Å²) in [6.45, 7) is 0.105. The Morgan fingerprint density at radius 3 is 2.94 bits per heavy atom. The van der Waals surface area contributed by atoms with Crippen molar-refractivity contribution in [3.8, 4) is 0 Å². The predicted molar refractivity (Wildman–Crippen MR) is 62.1 cm³/mol. The Labute approximate surface area is 104 Å². The summed E-state index contributed by atoms with van der Waals surface area (Å²) in [5.74, 6) is -0.718. The van der Waals surface area contributed by atoms with E-state index in [2.05, 4.69) is 4.98 Å². The molecule has 0 aliphatic carbocycles. The molecule has 0 unspecified atom stereocenters. The number of rotatable bonds is 3. The normalized spacial score (nSPS) is 10.7. The highest BCUT2D eigenvalue weighted by Crippen LogP contribution is 2.12. The third kappa shape index (κ3) is 2.62. The van der Waals surface area contributed by atoms with Gasteiger partial charge in [0.25, 0.3) is 5.56 Å². The lowest BCUT2D eigenvalue weighted by molar-refractivity contribution is 0.565. The quantitative estimate of drug-likeness (QED) is 0.847. The summed E-state index contributed by atoms with van der Waals surface area (Å²) >= 11 is 6.91. The van der Waals surface area contributed by atoms with E-state index in [1.165, 1.54) is 11.3 Å². The summed E-state index contributed by atoms with van der Waals surface area (Å²) in [5, 5.41) is 2.38. The van der Waals surface area contributed by atoms with Crippen LogP contribution in [0.4, 0.5) is 4.39 Å². The van der Waals surface area contributed by atoms with Gasteiger partial charge in [-0.25, -0.2) is 9.78 Å². The zero-order valence-corrected chi connectivity index (χ0v) is 10.0. The average molecular weight is 276 g/mol. The van der Waals surface area contributed by atoms with Gasteiger partial charge in [0.1, 0.15) is 5.01 Å². The summed E-state index contributed by atoms with van der Waals surface area (Å²) in [6, 6.07) is 0. The van der Waals surface area contributed by atoms with E-state index in [0.717, 1.165) is 10.8 Å². The maximum absolute atomic E-state index is 13.0. The Balaban J connectivity index is 2.33. The molecule has 0 saturated heterocycles. The number of hydrogen-bond donors (Lipinski definition) is 1. The van der Waals surface area contributed by atoms with E-state index in [1.807, 2.05) is 4.98 Å². The molecule has 0 radical (unpaired) electrons. The fourth-order valence-corrected chi connectivity index (χ4v) is 2.25. The molecule has 0 aliphatic rings. The minimum Gasteiger partial charge on any atom is -0.291 e. The first-order valence-electron chi connectivity index (χ1n) is 4.58. The van der Waals surface area contributed by atoms with Gasteiger partial charge in [-0.05, 0) is 0 Å². The summed E-state index contributed by atoms with van der Waals surface area (Å²) < 4.78 is 14.0. The zero-order chi connectivity index (χ0) is 12.4. The van der Waals surface area contributed by atoms with Crippen LogP contribution in [0.5, 0.6) is 0 Å². The molecule has 0 amide bonds. The molecule has 5 nitrogen and oxygen atoms in total. The Morgan fingerprint density at radius 1 is 1.53 bits per heavy atom. The van der Waals surface area contributed by atoms with Crippen molar-refractivity contribution in [2.45, 2.75) is 12.4 Å². The van der Waals surface area contributed by atoms with Crippen molar-refractivity contribution in [3.63, 3.8) is 0 Å². The summed E-state index contributed by atoms with van der Waals surface area (Å²) in [7, 11) is 0. The molecular weight excluding hydrogens is 269 g/mol. The molecule has 2 aromatic rings. The van der Waals surface area contributed by atoms with E-state index in [1.54, 1.807) is 5.38 Å². The number of halogens is 2. The Kier molecular flexibility index (Phi) is 3.39. The molecule has 0 aliphatic heterocycles. The second kappa shape index (κ2) is 4.80. The highest BCUT2D eigenvalue weighted by Gasteiger charge is 2.07. The first-order chi connectivity index (χ1) is 8.10. The van der Waals surface area contributed by atoms with Crippen LogP contribution >= 0.6 is 22.9 Å². The molecule has 0 spiro atoms. The standard InChI is InChI=1S/C9H7ClFN3O2S/c10-1-5-4-17-7(12-5)3-14-2-6(11)8(15)13-9(14)16/h2,4H,1,3H2,(H,13,15,16). The second-order valence-corrected chi connectivity index (χ2v) is 4.44. The molecule has 0 bridgehead atoms. The molecule has 2 aromatic heterocycles. The van der Waals surface area contributed by atoms with Crippen molar-refractivity contribution in [3.05, 3.63) is 48.9 Å². The Bertz CT molecular complexity index is 648. The number of hydrogen-bond acceptors (Lipinski definition) is 4. The monoisotopic (exact) mass is 275 g/mol. The molecule has 0 aromatic carbocycles. The number of alkyl halides is 1. The number of thiazole rings is 1. The van der Waals surface area contributed by atoms with Crippen LogP contribution in [-0.2, 0) is 12.4 Å². The smallest absolute Gasteiger partial charge is 0.291 e. The zero-order valence-electron chi connectivity index (χ0n) is 8.44. The molecule has 0 atom stereocenters. The third-order valence-corrected chi connectivity index (χ3v) is 3.17. The molecular formula is C9H7ClFN3O2S. The largest absolute Gasteiger partial charge is 0.328 e. The van der Waals surface area contributed by atoms with E-state index in [4.69, 9.17) is 11.6 Å². The summed E-state index contributed by atoms with van der Waals surface area (Å²) in [4.78, 5) is 28.2. The topological polar surface area (TPSA) is 67.8 Å². The van der Waals surface area contributed by atoms with E-state index >= 15 is 0 Å². The van der Waals surface area contributed by atoms with Crippen LogP contribution in [0.1, 0.15) is 10.7 Å². The van der Waals surface area contributed by atoms with Crippen molar-refractivity contribution < 1.29 is 4.39 Å². The van der Waals surface area contributed by atoms with Gasteiger partial charge in [-0.15, -0.1) is 22.9 Å². The van der Waals surface area contributed by atoms with E-state index < -0.39 is 17.1 Å². The van der Waals surface area contributed by atoms with Gasteiger partial charge in [0.05, 0.1) is 24.3 Å². The van der Waals surface area contributed by atoms with Crippen LogP contribution in [-0.4, -0.2) is 14.5 Å². The number of aromatic amines is 1. The second-order valence-electron chi connectivity index (χ2n) is 3.23. The van der Waals surface area contributed by atoms with Crippen LogP contribution in [0.2, 0.25) is 0 Å². The molecule has 2 rings (SSSR count). The van der Waals surface area contributed by atoms with Crippen LogP contribution in [0.3, 0.4) is 0 Å². The number of aromatic nitrogens is 3. The number of nitrogens with one attached hydrogen (secondary N) is 1. The summed E-state index contributed by atoms with van der Waals surface area (Å²) in [6.07, 6.45) is 0.864. The minimum absolute atomic E-state index is 0.105. The van der Waals surface area contributed by atoms with Crippen LogP contribution in [0, 0.1) is 5.82 Å². The lowest BCUT2D eigenvalue weighted by atomic mass is 10.5. The van der Waals surface area contributed by atoms with Gasteiger partial charge in [0.2, 0.25) is 5.82 Å². The van der Waals surface area contributed by atoms with Gasteiger partial charge in [0, 0.05) is 5.38 Å². The van der Waals surface area contributed by atoms with Crippen LogP contribution in [0.25, 0.3) is 0 Å². The van der Waals surface area contributed by atoms with Crippen molar-refractivity contribution in [1.29, 1.82) is 0 Å². The van der Waals surface area contributed by atoms with E-state index in [-0.39, 0.29) is 12.4 Å². The van der Waals surface area contributed by atoms with Gasteiger partial charge >= 0.3 is 5.69 Å². The number of nitrogens with zero attached hydrogens (tertiary/aromatic N) is 2. The number of H-pyrrole nitrogens is 1. The van der Waals surface area contributed by atoms with E-state index in [0.29, 0.717) is 10.7 Å². The van der Waals surface area contributed by atoms with Crippen LogP contribution in [0.15, 0.2) is 21.2 Å². The maximum Gasteiger partial charge on any atom is 0.328 e. The first kappa shape index (κ1) is 12.0. The van der Waals surface area contributed by atoms with E-state index in [9.17, 15) is 14.0 Å². The Hall–Kier alpha value is -1.47. The summed E-state index contributed by atoms with van der Waals surface area (Å²) in [5.41, 5.74) is -0.990. The lowest BCUT2D eigenvalue weighted by Crippen LogP contribution is -2.31. The first-order valence-corrected chi connectivity index (χ1v) is 6.00. The Morgan fingerprint density at radius 2 is 2.29 bits per heavy atom. The minimum atomic E-state index is -1.02. The third-order valence-electron chi connectivity index (χ3n) is 2.01. The van der Waals surface area contributed by atoms with Crippen molar-refractivity contribution >= 4 is 22.9 Å². The SMILES string of the molecule is O=c1[nH]c(=O)n(Cc2nc(CCl)cs2)cc1F. The highest BCUT2D eigenvalue weighted by molar-refractivity contribution is 7.09. The lowest BCUT2D eigenvalue weighted by Gasteiger charge is -2.01. The average Bonchev–Trinajstić information content (AvgIpc) is 2.73. The van der Waals surface area contributed by atoms with Gasteiger partial charge < -0.3 is 0 Å². The molecule has 2 heterocycles. The van der Waals surface area contributed by atoms with Crippen molar-refractivity contribution in [1.82, 2.24) is 14.5 Å². The van der Waals surface area contributed by atoms with Crippen molar-refractivity contribution in [2.75, 3.05) is 0 Å².